The number of carbonyl (C=O) groups is 1. The molecule has 1 aromatic heterocycles. The molecular formula is C18H22N2O3. The smallest absolute Gasteiger partial charge is 0.276 e. The van der Waals surface area contributed by atoms with E-state index in [4.69, 9.17) is 9.26 Å². The number of carbonyl (C=O) groups excluding carboxylic acids is 1. The van der Waals surface area contributed by atoms with Gasteiger partial charge in [-0.2, -0.15) is 0 Å². The van der Waals surface area contributed by atoms with E-state index in [1.807, 2.05) is 29.2 Å². The van der Waals surface area contributed by atoms with Gasteiger partial charge in [0.05, 0.1) is 7.11 Å². The maximum absolute atomic E-state index is 12.7. The van der Waals surface area contributed by atoms with E-state index < -0.39 is 0 Å². The summed E-state index contributed by atoms with van der Waals surface area (Å²) in [5.74, 6) is 1.29. The molecule has 1 saturated heterocycles. The molecule has 122 valence electrons. The first-order valence-electron chi connectivity index (χ1n) is 8.15. The Kier molecular flexibility index (Phi) is 4.65. The normalized spacial score (nSPS) is 18.0. The summed E-state index contributed by atoms with van der Waals surface area (Å²) in [5, 5.41) is 3.98. The van der Waals surface area contributed by atoms with Gasteiger partial charge in [-0.05, 0) is 37.8 Å². The molecule has 0 aliphatic carbocycles. The number of likely N-dealkylation sites (tertiary alicyclic amines) is 1. The molecule has 2 aromatic rings. The van der Waals surface area contributed by atoms with Gasteiger partial charge in [-0.3, -0.25) is 4.79 Å². The van der Waals surface area contributed by atoms with Gasteiger partial charge < -0.3 is 14.2 Å². The van der Waals surface area contributed by atoms with Gasteiger partial charge in [-0.1, -0.05) is 24.2 Å². The quantitative estimate of drug-likeness (QED) is 0.862. The summed E-state index contributed by atoms with van der Waals surface area (Å²) >= 11 is 0. The summed E-state index contributed by atoms with van der Waals surface area (Å²) in [7, 11) is 1.62. The van der Waals surface area contributed by atoms with E-state index >= 15 is 0 Å². The second-order valence-electron chi connectivity index (χ2n) is 5.86. The Morgan fingerprint density at radius 3 is 3.04 bits per heavy atom. The topological polar surface area (TPSA) is 55.6 Å². The summed E-state index contributed by atoms with van der Waals surface area (Å²) in [6.07, 6.45) is 4.30. The molecule has 5 heteroatoms. The summed E-state index contributed by atoms with van der Waals surface area (Å²) in [4.78, 5) is 14.7. The third kappa shape index (κ3) is 3.23. The fraction of sp³-hybridized carbons (Fsp3) is 0.444. The highest BCUT2D eigenvalue weighted by Crippen LogP contribution is 2.26. The van der Waals surface area contributed by atoms with Crippen LogP contribution in [0.3, 0.4) is 0 Å². The Morgan fingerprint density at radius 2 is 2.26 bits per heavy atom. The van der Waals surface area contributed by atoms with Crippen LogP contribution in [-0.2, 0) is 0 Å². The molecule has 1 atom stereocenters. The predicted octanol–water partition coefficient (Wildman–Crippen LogP) is 3.75. The number of hydrogen-bond acceptors (Lipinski definition) is 4. The standard InChI is InChI=1S/C18H22N2O3/c1-3-14-8-4-5-10-20(14)18(21)16-12-17(23-19-16)13-7-6-9-15(11-13)22-2/h6-7,9,11-12,14H,3-5,8,10H2,1-2H3. The molecule has 0 saturated carbocycles. The van der Waals surface area contributed by atoms with Crippen LogP contribution in [0.1, 0.15) is 43.1 Å². The number of nitrogens with zero attached hydrogens (tertiary/aromatic N) is 2. The maximum Gasteiger partial charge on any atom is 0.276 e. The van der Waals surface area contributed by atoms with Gasteiger partial charge in [0, 0.05) is 24.2 Å². The van der Waals surface area contributed by atoms with E-state index in [1.165, 1.54) is 6.42 Å². The number of hydrogen-bond donors (Lipinski definition) is 0. The number of amides is 1. The highest BCUT2D eigenvalue weighted by Gasteiger charge is 2.28. The molecule has 0 spiro atoms. The zero-order valence-electron chi connectivity index (χ0n) is 13.6. The average molecular weight is 314 g/mol. The first-order chi connectivity index (χ1) is 11.2. The monoisotopic (exact) mass is 314 g/mol. The minimum Gasteiger partial charge on any atom is -0.497 e. The van der Waals surface area contributed by atoms with Crippen molar-refractivity contribution in [3.8, 4) is 17.1 Å². The molecule has 0 bridgehead atoms. The minimum atomic E-state index is -0.0329. The van der Waals surface area contributed by atoms with Gasteiger partial charge in [-0.25, -0.2) is 0 Å². The van der Waals surface area contributed by atoms with Crippen LogP contribution in [0.4, 0.5) is 0 Å². The lowest BCUT2D eigenvalue weighted by molar-refractivity contribution is 0.0597. The molecule has 1 aliphatic heterocycles. The van der Waals surface area contributed by atoms with Crippen molar-refractivity contribution in [1.29, 1.82) is 0 Å². The van der Waals surface area contributed by atoms with Crippen molar-refractivity contribution in [3.05, 3.63) is 36.0 Å². The van der Waals surface area contributed by atoms with Crippen molar-refractivity contribution >= 4 is 5.91 Å². The average Bonchev–Trinajstić information content (AvgIpc) is 3.11. The van der Waals surface area contributed by atoms with E-state index in [9.17, 15) is 4.79 Å². The molecule has 23 heavy (non-hydrogen) atoms. The number of methoxy groups -OCH3 is 1. The van der Waals surface area contributed by atoms with E-state index in [-0.39, 0.29) is 5.91 Å². The summed E-state index contributed by atoms with van der Waals surface area (Å²) in [5.41, 5.74) is 1.23. The van der Waals surface area contributed by atoms with Gasteiger partial charge in [0.1, 0.15) is 5.75 Å². The zero-order valence-corrected chi connectivity index (χ0v) is 13.6. The van der Waals surface area contributed by atoms with E-state index in [0.717, 1.165) is 37.1 Å². The Morgan fingerprint density at radius 1 is 1.39 bits per heavy atom. The van der Waals surface area contributed by atoms with Crippen LogP contribution in [0.2, 0.25) is 0 Å². The van der Waals surface area contributed by atoms with Gasteiger partial charge in [-0.15, -0.1) is 0 Å². The predicted molar refractivity (Wildman–Crippen MR) is 87.5 cm³/mol. The second-order valence-corrected chi connectivity index (χ2v) is 5.86. The Hall–Kier alpha value is -2.30. The lowest BCUT2D eigenvalue weighted by atomic mass is 9.99. The van der Waals surface area contributed by atoms with Gasteiger partial charge in [0.2, 0.25) is 0 Å². The molecule has 2 heterocycles. The fourth-order valence-corrected chi connectivity index (χ4v) is 3.13. The molecule has 1 unspecified atom stereocenters. The van der Waals surface area contributed by atoms with Crippen molar-refractivity contribution < 1.29 is 14.1 Å². The SMILES string of the molecule is CCC1CCCCN1C(=O)c1cc(-c2cccc(OC)c2)on1. The molecule has 3 rings (SSSR count). The molecule has 0 radical (unpaired) electrons. The first kappa shape index (κ1) is 15.6. The van der Waals surface area contributed by atoms with Crippen LogP contribution in [0, 0.1) is 0 Å². The van der Waals surface area contributed by atoms with E-state index in [2.05, 4.69) is 12.1 Å². The van der Waals surface area contributed by atoms with Crippen LogP contribution < -0.4 is 4.74 Å². The Balaban J connectivity index is 1.81. The molecule has 5 nitrogen and oxygen atoms in total. The fourth-order valence-electron chi connectivity index (χ4n) is 3.13. The number of ether oxygens (including phenoxy) is 1. The maximum atomic E-state index is 12.7. The van der Waals surface area contributed by atoms with Crippen LogP contribution in [-0.4, -0.2) is 35.7 Å². The molecule has 1 aliphatic rings. The third-order valence-corrected chi connectivity index (χ3v) is 4.44. The van der Waals surface area contributed by atoms with Gasteiger partial charge in [0.25, 0.3) is 5.91 Å². The van der Waals surface area contributed by atoms with E-state index in [1.54, 1.807) is 13.2 Å². The van der Waals surface area contributed by atoms with Crippen molar-refractivity contribution in [2.75, 3.05) is 13.7 Å². The summed E-state index contributed by atoms with van der Waals surface area (Å²) in [6, 6.07) is 9.56. The van der Waals surface area contributed by atoms with Gasteiger partial charge in [0.15, 0.2) is 11.5 Å². The lowest BCUT2D eigenvalue weighted by Crippen LogP contribution is -2.43. The molecular weight excluding hydrogens is 292 g/mol. The van der Waals surface area contributed by atoms with Crippen LogP contribution in [0.25, 0.3) is 11.3 Å². The van der Waals surface area contributed by atoms with Crippen LogP contribution in [0.15, 0.2) is 34.9 Å². The molecule has 1 amide bonds. The molecule has 0 N–H and O–H groups in total. The van der Waals surface area contributed by atoms with Crippen molar-refractivity contribution in [1.82, 2.24) is 10.1 Å². The summed E-state index contributed by atoms with van der Waals surface area (Å²) in [6.45, 7) is 2.93. The number of piperidine rings is 1. The zero-order chi connectivity index (χ0) is 16.2. The third-order valence-electron chi connectivity index (χ3n) is 4.44. The highest BCUT2D eigenvalue weighted by molar-refractivity contribution is 5.93. The van der Waals surface area contributed by atoms with Crippen molar-refractivity contribution in [2.24, 2.45) is 0 Å². The first-order valence-corrected chi connectivity index (χ1v) is 8.15. The number of benzene rings is 1. The molecule has 1 fully saturated rings. The van der Waals surface area contributed by atoms with Gasteiger partial charge >= 0.3 is 0 Å². The van der Waals surface area contributed by atoms with E-state index in [0.29, 0.717) is 17.5 Å². The number of rotatable bonds is 4. The minimum absolute atomic E-state index is 0.0329. The lowest BCUT2D eigenvalue weighted by Gasteiger charge is -2.34. The Labute approximate surface area is 136 Å². The summed E-state index contributed by atoms with van der Waals surface area (Å²) < 4.78 is 10.6. The number of aromatic nitrogens is 1. The van der Waals surface area contributed by atoms with Crippen molar-refractivity contribution in [3.63, 3.8) is 0 Å². The second kappa shape index (κ2) is 6.86. The van der Waals surface area contributed by atoms with Crippen LogP contribution >= 0.6 is 0 Å². The largest absolute Gasteiger partial charge is 0.497 e. The Bertz CT molecular complexity index is 680. The van der Waals surface area contributed by atoms with Crippen molar-refractivity contribution in [2.45, 2.75) is 38.6 Å². The van der Waals surface area contributed by atoms with Crippen LogP contribution in [0.5, 0.6) is 5.75 Å². The molecule has 1 aromatic carbocycles. The highest BCUT2D eigenvalue weighted by atomic mass is 16.5.